The maximum Gasteiger partial charge on any atom is 0.243 e. The van der Waals surface area contributed by atoms with Crippen molar-refractivity contribution < 1.29 is 19.1 Å². The van der Waals surface area contributed by atoms with Crippen molar-refractivity contribution in [3.8, 4) is 5.75 Å². The lowest BCUT2D eigenvalue weighted by molar-refractivity contribution is -0.145. The molecule has 4 rings (SSSR count). The first kappa shape index (κ1) is 23.6. The molecule has 0 radical (unpaired) electrons. The van der Waals surface area contributed by atoms with Gasteiger partial charge in [-0.1, -0.05) is 18.2 Å². The van der Waals surface area contributed by atoms with Crippen molar-refractivity contribution in [1.82, 2.24) is 15.1 Å². The third kappa shape index (κ3) is 5.85. The number of para-hydroxylation sites is 1. The zero-order valence-corrected chi connectivity index (χ0v) is 19.4. The van der Waals surface area contributed by atoms with E-state index in [9.17, 15) is 14.4 Å². The minimum Gasteiger partial charge on any atom is -0.497 e. The average molecular weight is 466 g/mol. The first-order valence-electron chi connectivity index (χ1n) is 11.6. The number of amides is 3. The van der Waals surface area contributed by atoms with Crippen LogP contribution in [-0.2, 0) is 14.4 Å². The summed E-state index contributed by atoms with van der Waals surface area (Å²) in [5.74, 6) is 0.127. The third-order valence-corrected chi connectivity index (χ3v) is 6.26. The lowest BCUT2D eigenvalue weighted by Gasteiger charge is -2.39. The van der Waals surface area contributed by atoms with Gasteiger partial charge in [0, 0.05) is 50.6 Å². The summed E-state index contributed by atoms with van der Waals surface area (Å²) in [5, 5.41) is 5.58. The lowest BCUT2D eigenvalue weighted by Crippen LogP contribution is -2.60. The molecule has 180 valence electrons. The zero-order chi connectivity index (χ0) is 23.9. The minimum absolute atomic E-state index is 0.0717. The number of rotatable bonds is 7. The Bertz CT molecular complexity index is 990. The topological polar surface area (TPSA) is 94.2 Å². The number of benzene rings is 2. The van der Waals surface area contributed by atoms with Gasteiger partial charge in [0.05, 0.1) is 20.1 Å². The Labute approximate surface area is 199 Å². The molecule has 2 aromatic rings. The van der Waals surface area contributed by atoms with E-state index in [1.807, 2.05) is 42.5 Å². The number of anilines is 2. The molecule has 9 heteroatoms. The van der Waals surface area contributed by atoms with Gasteiger partial charge in [0.1, 0.15) is 11.8 Å². The number of methoxy groups -OCH3 is 1. The molecule has 2 fully saturated rings. The van der Waals surface area contributed by atoms with Crippen molar-refractivity contribution in [2.24, 2.45) is 0 Å². The monoisotopic (exact) mass is 465 g/mol. The van der Waals surface area contributed by atoms with Crippen LogP contribution in [-0.4, -0.2) is 86.5 Å². The Morgan fingerprint density at radius 1 is 1.00 bits per heavy atom. The standard InChI is InChI=1S/C25H31N5O4/c1-34-21-9-7-20(8-10-21)29-15-13-28(14-16-29)18-24(32)30-12-11-26-25(33)22(30)17-23(31)27-19-5-3-2-4-6-19/h2-10,22H,11-18H2,1H3,(H,26,33)(H,27,31)/t22-/m0/s1. The third-order valence-electron chi connectivity index (χ3n) is 6.26. The van der Waals surface area contributed by atoms with Crippen LogP contribution in [0.15, 0.2) is 54.6 Å². The molecular weight excluding hydrogens is 434 g/mol. The lowest BCUT2D eigenvalue weighted by atomic mass is 10.1. The Morgan fingerprint density at radius 3 is 2.38 bits per heavy atom. The number of carbonyl (C=O) groups excluding carboxylic acids is 3. The molecule has 2 aliphatic rings. The van der Waals surface area contributed by atoms with Crippen LogP contribution in [0.25, 0.3) is 0 Å². The van der Waals surface area contributed by atoms with Crippen LogP contribution in [0.5, 0.6) is 5.75 Å². The number of piperazine rings is 2. The second-order valence-electron chi connectivity index (χ2n) is 8.47. The molecule has 34 heavy (non-hydrogen) atoms. The molecule has 9 nitrogen and oxygen atoms in total. The molecule has 0 spiro atoms. The number of hydrogen-bond acceptors (Lipinski definition) is 6. The fourth-order valence-electron chi connectivity index (χ4n) is 4.36. The summed E-state index contributed by atoms with van der Waals surface area (Å²) in [7, 11) is 1.65. The summed E-state index contributed by atoms with van der Waals surface area (Å²) in [6.07, 6.45) is -0.0717. The predicted octanol–water partition coefficient (Wildman–Crippen LogP) is 1.17. The summed E-state index contributed by atoms with van der Waals surface area (Å²) >= 11 is 0. The Balaban J connectivity index is 1.31. The van der Waals surface area contributed by atoms with Crippen LogP contribution >= 0.6 is 0 Å². The van der Waals surface area contributed by atoms with Gasteiger partial charge in [0.2, 0.25) is 17.7 Å². The summed E-state index contributed by atoms with van der Waals surface area (Å²) in [6, 6.07) is 16.3. The van der Waals surface area contributed by atoms with Crippen molar-refractivity contribution in [2.45, 2.75) is 12.5 Å². The van der Waals surface area contributed by atoms with Gasteiger partial charge in [0.25, 0.3) is 0 Å². The normalized spacial score (nSPS) is 18.9. The maximum atomic E-state index is 13.1. The molecule has 0 bridgehead atoms. The predicted molar refractivity (Wildman–Crippen MR) is 130 cm³/mol. The Hall–Kier alpha value is -3.59. The second kappa shape index (κ2) is 11.0. The van der Waals surface area contributed by atoms with E-state index in [1.54, 1.807) is 24.1 Å². The molecule has 0 aliphatic carbocycles. The molecule has 2 aromatic carbocycles. The molecule has 0 unspecified atom stereocenters. The highest BCUT2D eigenvalue weighted by Crippen LogP contribution is 2.21. The van der Waals surface area contributed by atoms with Crippen LogP contribution in [0.1, 0.15) is 6.42 Å². The fraction of sp³-hybridized carbons (Fsp3) is 0.400. The highest BCUT2D eigenvalue weighted by Gasteiger charge is 2.35. The van der Waals surface area contributed by atoms with Gasteiger partial charge in [0.15, 0.2) is 0 Å². The van der Waals surface area contributed by atoms with Crippen molar-refractivity contribution in [3.05, 3.63) is 54.6 Å². The van der Waals surface area contributed by atoms with Crippen LogP contribution in [0, 0.1) is 0 Å². The van der Waals surface area contributed by atoms with E-state index in [-0.39, 0.29) is 30.7 Å². The highest BCUT2D eigenvalue weighted by atomic mass is 16.5. The van der Waals surface area contributed by atoms with Gasteiger partial charge < -0.3 is 25.2 Å². The van der Waals surface area contributed by atoms with Gasteiger partial charge >= 0.3 is 0 Å². The van der Waals surface area contributed by atoms with Gasteiger partial charge in [-0.05, 0) is 36.4 Å². The number of carbonyl (C=O) groups is 3. The highest BCUT2D eigenvalue weighted by molar-refractivity contribution is 5.97. The first-order valence-corrected chi connectivity index (χ1v) is 11.6. The SMILES string of the molecule is COc1ccc(N2CCN(CC(=O)N3CCNC(=O)[C@@H]3CC(=O)Nc3ccccc3)CC2)cc1. The molecule has 0 saturated carbocycles. The van der Waals surface area contributed by atoms with E-state index < -0.39 is 6.04 Å². The van der Waals surface area contributed by atoms with Gasteiger partial charge in [-0.15, -0.1) is 0 Å². The smallest absolute Gasteiger partial charge is 0.243 e. The number of hydrogen-bond donors (Lipinski definition) is 2. The molecule has 2 saturated heterocycles. The van der Waals surface area contributed by atoms with E-state index in [1.165, 1.54) is 0 Å². The van der Waals surface area contributed by atoms with E-state index in [0.29, 0.717) is 18.8 Å². The van der Waals surface area contributed by atoms with E-state index in [2.05, 4.69) is 20.4 Å². The Kier molecular flexibility index (Phi) is 7.64. The second-order valence-corrected chi connectivity index (χ2v) is 8.47. The van der Waals surface area contributed by atoms with Gasteiger partial charge in [-0.25, -0.2) is 0 Å². The van der Waals surface area contributed by atoms with Gasteiger partial charge in [-0.2, -0.15) is 0 Å². The zero-order valence-electron chi connectivity index (χ0n) is 19.4. The van der Waals surface area contributed by atoms with Crippen molar-refractivity contribution in [2.75, 3.05) is 63.1 Å². The molecular formula is C25H31N5O4. The molecule has 2 aliphatic heterocycles. The summed E-state index contributed by atoms with van der Waals surface area (Å²) in [5.41, 5.74) is 1.79. The summed E-state index contributed by atoms with van der Waals surface area (Å²) < 4.78 is 5.22. The van der Waals surface area contributed by atoms with Crippen molar-refractivity contribution in [1.29, 1.82) is 0 Å². The average Bonchev–Trinajstić information content (AvgIpc) is 2.86. The number of nitrogens with zero attached hydrogens (tertiary/aromatic N) is 3. The van der Waals surface area contributed by atoms with E-state index >= 15 is 0 Å². The van der Waals surface area contributed by atoms with Crippen LogP contribution in [0.3, 0.4) is 0 Å². The van der Waals surface area contributed by atoms with Crippen LogP contribution in [0.4, 0.5) is 11.4 Å². The number of nitrogens with one attached hydrogen (secondary N) is 2. The maximum absolute atomic E-state index is 13.1. The van der Waals surface area contributed by atoms with Crippen LogP contribution < -0.4 is 20.3 Å². The Morgan fingerprint density at radius 2 is 1.71 bits per heavy atom. The quantitative estimate of drug-likeness (QED) is 0.638. The van der Waals surface area contributed by atoms with Crippen LogP contribution in [0.2, 0.25) is 0 Å². The molecule has 2 N–H and O–H groups in total. The van der Waals surface area contributed by atoms with Crippen molar-refractivity contribution >= 4 is 29.1 Å². The summed E-state index contributed by atoms with van der Waals surface area (Å²) in [4.78, 5) is 44.1. The van der Waals surface area contributed by atoms with E-state index in [0.717, 1.165) is 37.6 Å². The molecule has 1 atom stereocenters. The largest absolute Gasteiger partial charge is 0.497 e. The minimum atomic E-state index is -0.800. The van der Waals surface area contributed by atoms with Crippen molar-refractivity contribution in [3.63, 3.8) is 0 Å². The fourth-order valence-corrected chi connectivity index (χ4v) is 4.36. The number of ether oxygens (including phenoxy) is 1. The summed E-state index contributed by atoms with van der Waals surface area (Å²) in [6.45, 7) is 4.15. The molecule has 2 heterocycles. The van der Waals surface area contributed by atoms with E-state index in [4.69, 9.17) is 4.74 Å². The molecule has 0 aromatic heterocycles. The first-order chi connectivity index (χ1) is 16.5. The van der Waals surface area contributed by atoms with Gasteiger partial charge in [-0.3, -0.25) is 19.3 Å². The molecule has 3 amide bonds.